The zero-order chi connectivity index (χ0) is 26.6. The Balaban J connectivity index is 0.00000176. The average Bonchev–Trinajstić information content (AvgIpc) is 3.29. The summed E-state index contributed by atoms with van der Waals surface area (Å²) >= 11 is 1.22. The molecule has 1 amide bonds. The van der Waals surface area contributed by atoms with Crippen LogP contribution in [0.2, 0.25) is 0 Å². The largest absolute Gasteiger partial charge is 0.421 e. The Bertz CT molecular complexity index is 1210. The van der Waals surface area contributed by atoms with Crippen molar-refractivity contribution < 1.29 is 18.7 Å². The normalized spacial score (nSPS) is 19.3. The van der Waals surface area contributed by atoms with Crippen LogP contribution in [0.4, 0.5) is 15.5 Å². The van der Waals surface area contributed by atoms with Gasteiger partial charge in [0.15, 0.2) is 22.5 Å². The molecule has 0 aliphatic carbocycles. The number of anilines is 2. The van der Waals surface area contributed by atoms with Crippen LogP contribution in [-0.4, -0.2) is 69.6 Å². The van der Waals surface area contributed by atoms with E-state index in [1.807, 2.05) is 39.5 Å². The lowest BCUT2D eigenvalue weighted by Gasteiger charge is -2.41. The molecule has 10 nitrogen and oxygen atoms in total. The summed E-state index contributed by atoms with van der Waals surface area (Å²) in [5, 5.41) is 0.369. The minimum absolute atomic E-state index is 0.0149. The van der Waals surface area contributed by atoms with Crippen molar-refractivity contribution in [2.45, 2.75) is 52.9 Å². The van der Waals surface area contributed by atoms with Crippen LogP contribution in [0, 0.1) is 5.82 Å². The van der Waals surface area contributed by atoms with Crippen LogP contribution in [0.25, 0.3) is 10.7 Å². The summed E-state index contributed by atoms with van der Waals surface area (Å²) in [6.45, 7) is 10.5. The maximum absolute atomic E-state index is 14.8. The Morgan fingerprint density at radius 2 is 1.94 bits per heavy atom. The van der Waals surface area contributed by atoms with Crippen molar-refractivity contribution in [1.82, 2.24) is 24.8 Å². The number of rotatable bonds is 5. The standard InChI is InChI=1S/C22H26FN7O3S.C2H6/c1-11-10-30(12(2)13(3)32-11)21-26-18(17-9-25-20(24)34-17)27-22(28-21)33-16-7-6-14(8-15(16)23)19(31)29(4)5;1-2/h6-9,11-13H,10H2,1-5H3,(H2,24,25);1-2H3/t11-,12-,13+;/m0./s1. The number of nitrogen functional groups attached to an aromatic ring is 1. The molecule has 0 bridgehead atoms. The van der Waals surface area contributed by atoms with Crippen molar-refractivity contribution in [1.29, 1.82) is 0 Å². The van der Waals surface area contributed by atoms with E-state index in [1.165, 1.54) is 28.4 Å². The smallest absolute Gasteiger partial charge is 0.327 e. The SMILES string of the molecule is CC.C[C@H]1CN(c2nc(Oc3ccc(C(=O)N(C)C)cc3F)nc(-c3cnc(N)s3)n2)[C@@H](C)[C@@H](C)O1. The van der Waals surface area contributed by atoms with Crippen LogP contribution in [-0.2, 0) is 4.74 Å². The molecule has 2 N–H and O–H groups in total. The lowest BCUT2D eigenvalue weighted by Crippen LogP contribution is -2.52. The predicted molar refractivity (Wildman–Crippen MR) is 138 cm³/mol. The molecule has 3 aromatic rings. The Morgan fingerprint density at radius 3 is 2.56 bits per heavy atom. The molecule has 36 heavy (non-hydrogen) atoms. The van der Waals surface area contributed by atoms with Crippen LogP contribution in [0.3, 0.4) is 0 Å². The zero-order valence-corrected chi connectivity index (χ0v) is 22.3. The molecule has 2 aromatic heterocycles. The highest BCUT2D eigenvalue weighted by atomic mass is 32.1. The van der Waals surface area contributed by atoms with Gasteiger partial charge in [-0.25, -0.2) is 9.37 Å². The molecule has 0 radical (unpaired) electrons. The number of ether oxygens (including phenoxy) is 2. The van der Waals surface area contributed by atoms with E-state index < -0.39 is 5.82 Å². The molecule has 12 heteroatoms. The van der Waals surface area contributed by atoms with E-state index in [1.54, 1.807) is 20.3 Å². The monoisotopic (exact) mass is 517 g/mol. The van der Waals surface area contributed by atoms with Gasteiger partial charge in [0.25, 0.3) is 5.91 Å². The number of halogens is 1. The first-order valence-electron chi connectivity index (χ1n) is 11.7. The molecular weight excluding hydrogens is 485 g/mol. The summed E-state index contributed by atoms with van der Waals surface area (Å²) in [4.78, 5) is 33.7. The van der Waals surface area contributed by atoms with E-state index in [4.69, 9.17) is 15.2 Å². The molecule has 0 spiro atoms. The highest BCUT2D eigenvalue weighted by molar-refractivity contribution is 7.18. The first-order chi connectivity index (χ1) is 17.1. The third kappa shape index (κ3) is 6.05. The second-order valence-corrected chi connectivity index (χ2v) is 9.36. The third-order valence-corrected chi connectivity index (χ3v) is 6.28. The molecule has 1 aromatic carbocycles. The summed E-state index contributed by atoms with van der Waals surface area (Å²) in [7, 11) is 3.19. The second-order valence-electron chi connectivity index (χ2n) is 8.30. The lowest BCUT2D eigenvalue weighted by atomic mass is 10.1. The van der Waals surface area contributed by atoms with Crippen molar-refractivity contribution in [3.05, 3.63) is 35.8 Å². The van der Waals surface area contributed by atoms with Gasteiger partial charge in [-0.2, -0.15) is 15.0 Å². The van der Waals surface area contributed by atoms with Gasteiger partial charge in [-0.3, -0.25) is 4.79 Å². The quantitative estimate of drug-likeness (QED) is 0.530. The zero-order valence-electron chi connectivity index (χ0n) is 21.5. The minimum Gasteiger partial charge on any atom is -0.421 e. The van der Waals surface area contributed by atoms with Crippen LogP contribution in [0.15, 0.2) is 24.4 Å². The number of thiazole rings is 1. The summed E-state index contributed by atoms with van der Waals surface area (Å²) in [6.07, 6.45) is 1.49. The van der Waals surface area contributed by atoms with Gasteiger partial charge < -0.3 is 25.0 Å². The highest BCUT2D eigenvalue weighted by Gasteiger charge is 2.32. The first kappa shape index (κ1) is 27.2. The maximum atomic E-state index is 14.8. The van der Waals surface area contributed by atoms with E-state index in [9.17, 15) is 9.18 Å². The second kappa shape index (κ2) is 11.6. The summed E-state index contributed by atoms with van der Waals surface area (Å²) < 4.78 is 26.4. The topological polar surface area (TPSA) is 120 Å². The van der Waals surface area contributed by atoms with E-state index in [-0.39, 0.29) is 41.5 Å². The molecule has 1 aliphatic heterocycles. The van der Waals surface area contributed by atoms with Gasteiger partial charge in [0.05, 0.1) is 29.3 Å². The lowest BCUT2D eigenvalue weighted by molar-refractivity contribution is -0.0264. The number of benzene rings is 1. The Kier molecular flexibility index (Phi) is 8.75. The fraction of sp³-hybridized carbons (Fsp3) is 0.458. The summed E-state index contributed by atoms with van der Waals surface area (Å²) in [6, 6.07) is 3.89. The number of morpholine rings is 1. The molecule has 1 fully saturated rings. The molecule has 194 valence electrons. The molecule has 3 heterocycles. The van der Waals surface area contributed by atoms with Gasteiger partial charge in [-0.1, -0.05) is 25.2 Å². The predicted octanol–water partition coefficient (Wildman–Crippen LogP) is 4.24. The Morgan fingerprint density at radius 1 is 1.22 bits per heavy atom. The van der Waals surface area contributed by atoms with E-state index in [2.05, 4.69) is 19.9 Å². The molecule has 4 rings (SSSR count). The Labute approximate surface area is 214 Å². The minimum atomic E-state index is -0.708. The average molecular weight is 518 g/mol. The van der Waals surface area contributed by atoms with Crippen molar-refractivity contribution in [3.8, 4) is 22.5 Å². The number of carbonyl (C=O) groups excluding carboxylic acids is 1. The van der Waals surface area contributed by atoms with Gasteiger partial charge >= 0.3 is 6.01 Å². The van der Waals surface area contributed by atoms with Crippen LogP contribution in [0.5, 0.6) is 11.8 Å². The van der Waals surface area contributed by atoms with Crippen molar-refractivity contribution in [2.24, 2.45) is 0 Å². The molecule has 1 aliphatic rings. The summed E-state index contributed by atoms with van der Waals surface area (Å²) in [5.41, 5.74) is 6.00. The van der Waals surface area contributed by atoms with Crippen LogP contribution >= 0.6 is 11.3 Å². The number of hydrogen-bond acceptors (Lipinski definition) is 10. The Hall–Kier alpha value is -3.38. The van der Waals surface area contributed by atoms with E-state index in [0.717, 1.165) is 6.07 Å². The van der Waals surface area contributed by atoms with Gasteiger partial charge in [0.1, 0.15) is 0 Å². The fourth-order valence-electron chi connectivity index (χ4n) is 3.58. The van der Waals surface area contributed by atoms with E-state index in [0.29, 0.717) is 28.3 Å². The van der Waals surface area contributed by atoms with Crippen molar-refractivity contribution in [3.63, 3.8) is 0 Å². The third-order valence-electron chi connectivity index (χ3n) is 5.46. The molecular formula is C24H32FN7O3S. The number of hydrogen-bond donors (Lipinski definition) is 1. The number of nitrogens with two attached hydrogens (primary N) is 1. The van der Waals surface area contributed by atoms with Gasteiger partial charge in [-0.05, 0) is 39.0 Å². The molecule has 3 atom stereocenters. The number of amides is 1. The molecule has 0 unspecified atom stereocenters. The van der Waals surface area contributed by atoms with Crippen LogP contribution in [0.1, 0.15) is 45.0 Å². The molecule has 1 saturated heterocycles. The number of carbonyl (C=O) groups is 1. The fourth-order valence-corrected chi connectivity index (χ4v) is 4.20. The van der Waals surface area contributed by atoms with Crippen LogP contribution < -0.4 is 15.4 Å². The summed E-state index contributed by atoms with van der Waals surface area (Å²) in [5.74, 6) is -0.448. The van der Waals surface area contributed by atoms with Crippen molar-refractivity contribution in [2.75, 3.05) is 31.3 Å². The highest BCUT2D eigenvalue weighted by Crippen LogP contribution is 2.31. The maximum Gasteiger partial charge on any atom is 0.327 e. The number of nitrogens with zero attached hydrogens (tertiary/aromatic N) is 6. The first-order valence-corrected chi connectivity index (χ1v) is 12.5. The van der Waals surface area contributed by atoms with Gasteiger partial charge in [-0.15, -0.1) is 0 Å². The van der Waals surface area contributed by atoms with Gasteiger partial charge in [0, 0.05) is 26.2 Å². The van der Waals surface area contributed by atoms with E-state index >= 15 is 0 Å². The molecule has 0 saturated carbocycles. The number of aromatic nitrogens is 4. The van der Waals surface area contributed by atoms with Gasteiger partial charge in [0.2, 0.25) is 5.95 Å². The van der Waals surface area contributed by atoms with Crippen molar-refractivity contribution >= 4 is 28.3 Å².